The number of halogens is 2. The highest BCUT2D eigenvalue weighted by Gasteiger charge is 2.48. The summed E-state index contributed by atoms with van der Waals surface area (Å²) in [6, 6.07) is 11.2. The molecule has 0 N–H and O–H groups in total. The molecule has 1 spiro atoms. The summed E-state index contributed by atoms with van der Waals surface area (Å²) in [5.74, 6) is 0.220. The fourth-order valence-electron chi connectivity index (χ4n) is 3.76. The standard InChI is InChI=1S/C20H21ClFNO2/c1-2-3-6-9-23-18-8-5-4-7-14(18)20(13-25-23)12-24-19-11-16(21)17(22)10-15(19)20/h4-5,7-8,10-11H,2-3,6,9,12-13H2,1H3. The molecular weight excluding hydrogens is 341 g/mol. The van der Waals surface area contributed by atoms with Gasteiger partial charge in [0, 0.05) is 18.2 Å². The number of fused-ring (bicyclic) bond motifs is 4. The Labute approximate surface area is 152 Å². The molecule has 2 aliphatic rings. The van der Waals surface area contributed by atoms with Crippen LogP contribution in [0.1, 0.15) is 37.3 Å². The number of ether oxygens (including phenoxy) is 1. The van der Waals surface area contributed by atoms with Crippen LogP contribution in [-0.4, -0.2) is 19.8 Å². The molecule has 132 valence electrons. The summed E-state index contributed by atoms with van der Waals surface area (Å²) in [6.07, 6.45) is 3.42. The van der Waals surface area contributed by atoms with Crippen LogP contribution in [0, 0.1) is 5.82 Å². The first kappa shape index (κ1) is 16.7. The second kappa shape index (κ2) is 6.50. The Hall–Kier alpha value is -1.78. The van der Waals surface area contributed by atoms with Gasteiger partial charge in [0.1, 0.15) is 18.2 Å². The van der Waals surface area contributed by atoms with E-state index >= 15 is 0 Å². The molecule has 0 fully saturated rings. The molecule has 0 amide bonds. The van der Waals surface area contributed by atoms with E-state index in [0.29, 0.717) is 19.0 Å². The topological polar surface area (TPSA) is 21.7 Å². The summed E-state index contributed by atoms with van der Waals surface area (Å²) >= 11 is 5.92. The summed E-state index contributed by atoms with van der Waals surface area (Å²) in [6.45, 7) is 3.91. The van der Waals surface area contributed by atoms with Gasteiger partial charge in [0.15, 0.2) is 0 Å². The highest BCUT2D eigenvalue weighted by Crippen LogP contribution is 2.50. The van der Waals surface area contributed by atoms with E-state index in [0.717, 1.165) is 29.8 Å². The van der Waals surface area contributed by atoms with Crippen molar-refractivity contribution < 1.29 is 14.0 Å². The van der Waals surface area contributed by atoms with Crippen molar-refractivity contribution in [2.45, 2.75) is 31.6 Å². The third-order valence-corrected chi connectivity index (χ3v) is 5.42. The summed E-state index contributed by atoms with van der Waals surface area (Å²) in [5, 5.41) is 2.06. The van der Waals surface area contributed by atoms with Gasteiger partial charge in [0.2, 0.25) is 0 Å². The van der Waals surface area contributed by atoms with E-state index in [1.165, 1.54) is 18.9 Å². The van der Waals surface area contributed by atoms with Crippen molar-refractivity contribution in [1.29, 1.82) is 0 Å². The summed E-state index contributed by atoms with van der Waals surface area (Å²) in [5.41, 5.74) is 2.49. The number of nitrogens with zero attached hydrogens (tertiary/aromatic N) is 1. The van der Waals surface area contributed by atoms with Crippen LogP contribution in [-0.2, 0) is 10.3 Å². The van der Waals surface area contributed by atoms with Gasteiger partial charge in [-0.3, -0.25) is 9.90 Å². The highest BCUT2D eigenvalue weighted by molar-refractivity contribution is 6.30. The maximum atomic E-state index is 14.1. The molecule has 0 aromatic heterocycles. The number of hydrogen-bond donors (Lipinski definition) is 0. The van der Waals surface area contributed by atoms with Crippen molar-refractivity contribution >= 4 is 17.3 Å². The zero-order valence-corrected chi connectivity index (χ0v) is 15.0. The van der Waals surface area contributed by atoms with Crippen LogP contribution in [0.25, 0.3) is 0 Å². The molecule has 2 heterocycles. The predicted octanol–water partition coefficient (Wildman–Crippen LogP) is 5.10. The van der Waals surface area contributed by atoms with E-state index in [-0.39, 0.29) is 5.02 Å². The van der Waals surface area contributed by atoms with Crippen molar-refractivity contribution in [2.24, 2.45) is 0 Å². The van der Waals surface area contributed by atoms with Crippen LogP contribution in [0.5, 0.6) is 5.75 Å². The van der Waals surface area contributed by atoms with E-state index in [4.69, 9.17) is 21.2 Å². The van der Waals surface area contributed by atoms with Crippen LogP contribution < -0.4 is 9.80 Å². The van der Waals surface area contributed by atoms with E-state index in [1.54, 1.807) is 6.07 Å². The highest BCUT2D eigenvalue weighted by atomic mass is 35.5. The summed E-state index contributed by atoms with van der Waals surface area (Å²) in [7, 11) is 0. The zero-order chi connectivity index (χ0) is 17.4. The lowest BCUT2D eigenvalue weighted by Gasteiger charge is -2.40. The third-order valence-electron chi connectivity index (χ3n) is 5.13. The van der Waals surface area contributed by atoms with Gasteiger partial charge in [-0.1, -0.05) is 49.6 Å². The number of rotatable bonds is 4. The van der Waals surface area contributed by atoms with Crippen molar-refractivity contribution in [3.05, 3.63) is 58.4 Å². The van der Waals surface area contributed by atoms with Crippen molar-refractivity contribution in [3.63, 3.8) is 0 Å². The maximum Gasteiger partial charge on any atom is 0.142 e. The molecule has 2 aliphatic heterocycles. The van der Waals surface area contributed by atoms with E-state index < -0.39 is 11.2 Å². The summed E-state index contributed by atoms with van der Waals surface area (Å²) < 4.78 is 20.0. The number of hydroxylamine groups is 1. The second-order valence-corrected chi connectivity index (χ2v) is 7.14. The van der Waals surface area contributed by atoms with Gasteiger partial charge >= 0.3 is 0 Å². The first-order valence-electron chi connectivity index (χ1n) is 8.78. The molecule has 2 aromatic rings. The molecule has 4 rings (SSSR count). The quantitative estimate of drug-likeness (QED) is 0.707. The Balaban J connectivity index is 1.76. The lowest BCUT2D eigenvalue weighted by Crippen LogP contribution is -2.45. The number of anilines is 1. The molecule has 0 aliphatic carbocycles. The number of hydrogen-bond acceptors (Lipinski definition) is 3. The van der Waals surface area contributed by atoms with Crippen LogP contribution in [0.4, 0.5) is 10.1 Å². The van der Waals surface area contributed by atoms with Gasteiger partial charge in [-0.15, -0.1) is 0 Å². The minimum Gasteiger partial charge on any atom is -0.492 e. The number of benzene rings is 2. The lowest BCUT2D eigenvalue weighted by atomic mass is 9.75. The molecule has 3 nitrogen and oxygen atoms in total. The third kappa shape index (κ3) is 2.68. The van der Waals surface area contributed by atoms with Gasteiger partial charge in [0.25, 0.3) is 0 Å². The fourth-order valence-corrected chi connectivity index (χ4v) is 3.92. The molecule has 0 radical (unpaired) electrons. The Morgan fingerprint density at radius 3 is 2.84 bits per heavy atom. The van der Waals surface area contributed by atoms with Gasteiger partial charge in [-0.25, -0.2) is 4.39 Å². The molecule has 5 heteroatoms. The average Bonchev–Trinajstić information content (AvgIpc) is 2.96. The van der Waals surface area contributed by atoms with Gasteiger partial charge < -0.3 is 4.74 Å². The first-order chi connectivity index (χ1) is 12.2. The van der Waals surface area contributed by atoms with Crippen LogP contribution >= 0.6 is 11.6 Å². The molecule has 1 unspecified atom stereocenters. The van der Waals surface area contributed by atoms with Crippen LogP contribution in [0.2, 0.25) is 5.02 Å². The van der Waals surface area contributed by atoms with E-state index in [9.17, 15) is 4.39 Å². The molecular formula is C20H21ClFNO2. The van der Waals surface area contributed by atoms with Crippen molar-refractivity contribution in [2.75, 3.05) is 24.8 Å². The summed E-state index contributed by atoms with van der Waals surface area (Å²) in [4.78, 5) is 6.11. The van der Waals surface area contributed by atoms with Gasteiger partial charge in [0.05, 0.1) is 22.7 Å². The zero-order valence-electron chi connectivity index (χ0n) is 14.2. The fraction of sp³-hybridized carbons (Fsp3) is 0.400. The predicted molar refractivity (Wildman–Crippen MR) is 97.0 cm³/mol. The first-order valence-corrected chi connectivity index (χ1v) is 9.16. The SMILES string of the molecule is CCCCCN1OCC2(COc3cc(Cl)c(F)cc32)c2ccccc21. The Kier molecular flexibility index (Phi) is 4.34. The number of unbranched alkanes of at least 4 members (excludes halogenated alkanes) is 2. The van der Waals surface area contributed by atoms with Crippen LogP contribution in [0.15, 0.2) is 36.4 Å². The lowest BCUT2D eigenvalue weighted by molar-refractivity contribution is 0.0508. The van der Waals surface area contributed by atoms with Crippen molar-refractivity contribution in [3.8, 4) is 5.75 Å². The van der Waals surface area contributed by atoms with Crippen molar-refractivity contribution in [1.82, 2.24) is 0 Å². The van der Waals surface area contributed by atoms with Crippen LogP contribution in [0.3, 0.4) is 0 Å². The van der Waals surface area contributed by atoms with Gasteiger partial charge in [-0.2, -0.15) is 0 Å². The Morgan fingerprint density at radius 2 is 2.00 bits per heavy atom. The molecule has 0 bridgehead atoms. The minimum absolute atomic E-state index is 0.0852. The smallest absolute Gasteiger partial charge is 0.142 e. The Bertz CT molecular complexity index is 797. The average molecular weight is 362 g/mol. The monoisotopic (exact) mass is 361 g/mol. The molecule has 25 heavy (non-hydrogen) atoms. The Morgan fingerprint density at radius 1 is 1.16 bits per heavy atom. The molecule has 1 atom stereocenters. The molecule has 0 saturated carbocycles. The maximum absolute atomic E-state index is 14.1. The minimum atomic E-state index is -0.487. The number of para-hydroxylation sites is 1. The van der Waals surface area contributed by atoms with E-state index in [2.05, 4.69) is 19.1 Å². The van der Waals surface area contributed by atoms with Gasteiger partial charge in [-0.05, 0) is 24.1 Å². The second-order valence-electron chi connectivity index (χ2n) is 6.73. The largest absolute Gasteiger partial charge is 0.492 e. The normalized spacial score (nSPS) is 21.2. The van der Waals surface area contributed by atoms with E-state index in [1.807, 2.05) is 17.2 Å². The molecule has 0 saturated heterocycles. The molecule has 2 aromatic carbocycles.